The molecule has 2 heterocycles. The van der Waals surface area contributed by atoms with Gasteiger partial charge in [0.25, 0.3) is 0 Å². The number of carbonyl (C=O) groups is 1. The summed E-state index contributed by atoms with van der Waals surface area (Å²) in [7, 11) is 1.84. The molecule has 1 aliphatic carbocycles. The Balaban J connectivity index is 0.000000354. The molecule has 7 heteroatoms. The van der Waals surface area contributed by atoms with Gasteiger partial charge in [-0.25, -0.2) is 4.99 Å². The van der Waals surface area contributed by atoms with Gasteiger partial charge in [0.1, 0.15) is 11.6 Å². The minimum Gasteiger partial charge on any atom is -0.371 e. The average Bonchev–Trinajstić information content (AvgIpc) is 3.32. The van der Waals surface area contributed by atoms with E-state index in [0.29, 0.717) is 12.0 Å². The van der Waals surface area contributed by atoms with Crippen molar-refractivity contribution in [2.45, 2.75) is 73.6 Å². The number of hydrogen-bond acceptors (Lipinski definition) is 6. The molecule has 2 fully saturated rings. The Bertz CT molecular complexity index is 754. The van der Waals surface area contributed by atoms with Crippen LogP contribution in [-0.2, 0) is 4.79 Å². The second-order valence-electron chi connectivity index (χ2n) is 8.85. The Morgan fingerprint density at radius 3 is 2.48 bits per heavy atom. The highest BCUT2D eigenvalue weighted by Gasteiger charge is 2.42. The van der Waals surface area contributed by atoms with E-state index < -0.39 is 6.35 Å². The van der Waals surface area contributed by atoms with Gasteiger partial charge in [-0.2, -0.15) is 0 Å². The molecule has 188 valence electrons. The second kappa shape index (κ2) is 14.3. The summed E-state index contributed by atoms with van der Waals surface area (Å²) in [5.74, 6) is 1.01. The summed E-state index contributed by atoms with van der Waals surface area (Å²) in [5.41, 5.74) is 2.78. The van der Waals surface area contributed by atoms with Crippen molar-refractivity contribution < 1.29 is 9.90 Å². The number of rotatable bonds is 10. The lowest BCUT2D eigenvalue weighted by molar-refractivity contribution is -0.122. The summed E-state index contributed by atoms with van der Waals surface area (Å²) in [6.07, 6.45) is 8.34. The normalized spacial score (nSPS) is 19.5. The summed E-state index contributed by atoms with van der Waals surface area (Å²) in [4.78, 5) is 24.3. The number of nitrogens with zero attached hydrogens (tertiary/aromatic N) is 4. The van der Waals surface area contributed by atoms with Crippen molar-refractivity contribution in [3.63, 3.8) is 0 Å². The number of aliphatic imine (C=N–C) groups is 1. The van der Waals surface area contributed by atoms with Crippen molar-refractivity contribution in [2.24, 2.45) is 10.4 Å². The van der Waals surface area contributed by atoms with E-state index >= 15 is 0 Å². The summed E-state index contributed by atoms with van der Waals surface area (Å²) < 4.78 is 0. The molecular weight excluding hydrogens is 414 g/mol. The molecule has 2 N–H and O–H groups in total. The Hall–Kier alpha value is -1.96. The van der Waals surface area contributed by atoms with Crippen LogP contribution in [-0.4, -0.2) is 82.9 Å². The van der Waals surface area contributed by atoms with Crippen LogP contribution in [0.25, 0.3) is 5.70 Å². The summed E-state index contributed by atoms with van der Waals surface area (Å²) in [5, 5.41) is 9.41. The third kappa shape index (κ3) is 8.72. The van der Waals surface area contributed by atoms with E-state index in [1.54, 1.807) is 4.90 Å². The predicted molar refractivity (Wildman–Crippen MR) is 140 cm³/mol. The molecule has 0 bridgehead atoms. The molecule has 33 heavy (non-hydrogen) atoms. The van der Waals surface area contributed by atoms with Gasteiger partial charge in [0, 0.05) is 49.9 Å². The number of likely N-dealkylation sites (N-methyl/N-ethyl adjacent to an activating group) is 1. The first-order valence-corrected chi connectivity index (χ1v) is 12.5. The van der Waals surface area contributed by atoms with Crippen molar-refractivity contribution in [2.75, 3.05) is 39.8 Å². The fourth-order valence-electron chi connectivity index (χ4n) is 4.03. The molecule has 1 aromatic rings. The molecule has 1 saturated carbocycles. The molecule has 1 atom stereocenters. The molecule has 7 nitrogen and oxygen atoms in total. The lowest BCUT2D eigenvalue weighted by atomic mass is 10.0. The van der Waals surface area contributed by atoms with Crippen LogP contribution in [0.5, 0.6) is 0 Å². The van der Waals surface area contributed by atoms with Crippen molar-refractivity contribution in [1.82, 2.24) is 19.7 Å². The van der Waals surface area contributed by atoms with Crippen LogP contribution in [0.2, 0.25) is 0 Å². The standard InChI is InChI=1S/C17H27N3.C7H14N2O2.C2H6/c1-5-12-20(13-17(6-2)9-10-17)14(4)15-8-11-19-16(15)18-7-3;1-6(10)5-9-4-3-8(2)7(9)11;1-2/h7-8,11,19H,4-6,9-10,12-13H2,1-3H3;7,11H,3-5H2,1-2H3;1-2H3/b18-7-;;. The molecule has 1 saturated heterocycles. The summed E-state index contributed by atoms with van der Waals surface area (Å²) >= 11 is 0. The average molecular weight is 462 g/mol. The van der Waals surface area contributed by atoms with Crippen LogP contribution < -0.4 is 0 Å². The number of aliphatic hydroxyl groups excluding tert-OH is 1. The second-order valence-corrected chi connectivity index (χ2v) is 8.85. The third-order valence-electron chi connectivity index (χ3n) is 6.29. The van der Waals surface area contributed by atoms with Gasteiger partial charge in [0.15, 0.2) is 6.35 Å². The van der Waals surface area contributed by atoms with Gasteiger partial charge >= 0.3 is 0 Å². The van der Waals surface area contributed by atoms with E-state index in [9.17, 15) is 9.90 Å². The molecule has 0 amide bonds. The SMILES string of the molecule is C=C(c1cc[nH]c1/N=C\C)N(CCC)CC1(CC)CC1.CC.CC(=O)CN1CCN(C)C1O. The highest BCUT2D eigenvalue weighted by atomic mass is 16.3. The maximum absolute atomic E-state index is 10.7. The number of ketones is 1. The van der Waals surface area contributed by atoms with Crippen molar-refractivity contribution in [3.05, 3.63) is 24.4 Å². The number of aromatic nitrogens is 1. The zero-order chi connectivity index (χ0) is 25.0. The number of carbonyl (C=O) groups excluding carboxylic acids is 1. The molecule has 0 aromatic carbocycles. The van der Waals surface area contributed by atoms with Gasteiger partial charge in [0.05, 0.1) is 6.54 Å². The first-order chi connectivity index (χ1) is 15.8. The van der Waals surface area contributed by atoms with E-state index in [-0.39, 0.29) is 5.78 Å². The minimum atomic E-state index is -0.570. The van der Waals surface area contributed by atoms with Crippen molar-refractivity contribution in [1.29, 1.82) is 0 Å². The van der Waals surface area contributed by atoms with Crippen LogP contribution in [0, 0.1) is 5.41 Å². The van der Waals surface area contributed by atoms with Crippen LogP contribution in [0.4, 0.5) is 5.82 Å². The van der Waals surface area contributed by atoms with Gasteiger partial charge in [-0.3, -0.25) is 14.6 Å². The van der Waals surface area contributed by atoms with Crippen LogP contribution in [0.15, 0.2) is 23.8 Å². The number of hydrogen-bond donors (Lipinski definition) is 2. The molecular formula is C26H47N5O2. The van der Waals surface area contributed by atoms with Gasteiger partial charge in [-0.15, -0.1) is 0 Å². The topological polar surface area (TPSA) is 75.2 Å². The molecule has 0 radical (unpaired) electrons. The lowest BCUT2D eigenvalue weighted by Gasteiger charge is -2.30. The van der Waals surface area contributed by atoms with Gasteiger partial charge in [0.2, 0.25) is 0 Å². The fourth-order valence-corrected chi connectivity index (χ4v) is 4.03. The van der Waals surface area contributed by atoms with E-state index in [1.807, 2.05) is 45.1 Å². The van der Waals surface area contributed by atoms with Gasteiger partial charge in [-0.05, 0) is 58.1 Å². The monoisotopic (exact) mass is 461 g/mol. The number of H-pyrrole nitrogens is 1. The first kappa shape index (κ1) is 29.1. The molecule has 1 aromatic heterocycles. The summed E-state index contributed by atoms with van der Waals surface area (Å²) in [6, 6.07) is 2.08. The minimum absolute atomic E-state index is 0.0966. The highest BCUT2D eigenvalue weighted by Crippen LogP contribution is 2.50. The zero-order valence-corrected chi connectivity index (χ0v) is 22.0. The smallest absolute Gasteiger partial charge is 0.165 e. The molecule has 1 unspecified atom stereocenters. The predicted octanol–water partition coefficient (Wildman–Crippen LogP) is 4.73. The van der Waals surface area contributed by atoms with E-state index in [4.69, 9.17) is 0 Å². The summed E-state index contributed by atoms with van der Waals surface area (Å²) in [6.45, 7) is 20.5. The first-order valence-electron chi connectivity index (χ1n) is 12.5. The fraction of sp³-hybridized carbons (Fsp3) is 0.692. The molecule has 0 spiro atoms. The largest absolute Gasteiger partial charge is 0.371 e. The van der Waals surface area contributed by atoms with Crippen LogP contribution >= 0.6 is 0 Å². The number of aromatic amines is 1. The Morgan fingerprint density at radius 1 is 1.36 bits per heavy atom. The van der Waals surface area contributed by atoms with Crippen molar-refractivity contribution >= 4 is 23.5 Å². The van der Waals surface area contributed by atoms with Crippen LogP contribution in [0.1, 0.15) is 72.8 Å². The van der Waals surface area contributed by atoms with E-state index in [0.717, 1.165) is 49.7 Å². The molecule has 1 aliphatic heterocycles. The molecule has 3 rings (SSSR count). The lowest BCUT2D eigenvalue weighted by Crippen LogP contribution is -2.38. The Morgan fingerprint density at radius 2 is 2.03 bits per heavy atom. The maximum Gasteiger partial charge on any atom is 0.165 e. The number of nitrogens with one attached hydrogen (secondary N) is 1. The Kier molecular flexibility index (Phi) is 12.6. The van der Waals surface area contributed by atoms with Gasteiger partial charge in [-0.1, -0.05) is 34.3 Å². The zero-order valence-electron chi connectivity index (χ0n) is 22.0. The number of Topliss-reactive ketones (excluding diaryl/α,β-unsaturated/α-hetero) is 1. The number of aliphatic hydroxyl groups is 1. The van der Waals surface area contributed by atoms with Crippen LogP contribution in [0.3, 0.4) is 0 Å². The highest BCUT2D eigenvalue weighted by molar-refractivity contribution is 5.77. The quantitative estimate of drug-likeness (QED) is 0.493. The Labute approximate surface area is 201 Å². The van der Waals surface area contributed by atoms with E-state index in [2.05, 4.69) is 41.4 Å². The molecule has 2 aliphatic rings. The van der Waals surface area contributed by atoms with E-state index in [1.165, 1.54) is 26.2 Å². The van der Waals surface area contributed by atoms with Gasteiger partial charge < -0.3 is 15.0 Å². The maximum atomic E-state index is 10.7. The van der Waals surface area contributed by atoms with Crippen molar-refractivity contribution in [3.8, 4) is 0 Å². The third-order valence-corrected chi connectivity index (χ3v) is 6.29.